The molecule has 2 heterocycles. The highest BCUT2D eigenvalue weighted by Crippen LogP contribution is 2.28. The molecule has 0 aliphatic heterocycles. The second-order valence-corrected chi connectivity index (χ2v) is 10.7. The van der Waals surface area contributed by atoms with Gasteiger partial charge < -0.3 is 20.7 Å². The van der Waals surface area contributed by atoms with Gasteiger partial charge in [0, 0.05) is 48.9 Å². The molecule has 0 saturated carbocycles. The number of anilines is 2. The van der Waals surface area contributed by atoms with E-state index in [1.807, 2.05) is 26.8 Å². The first-order chi connectivity index (χ1) is 18.6. The highest BCUT2D eigenvalue weighted by atomic mass is 35.5. The summed E-state index contributed by atoms with van der Waals surface area (Å²) in [7, 11) is 3.33. The van der Waals surface area contributed by atoms with E-state index in [1.165, 1.54) is 0 Å². The summed E-state index contributed by atoms with van der Waals surface area (Å²) in [6, 6.07) is 14.1. The van der Waals surface area contributed by atoms with Crippen LogP contribution in [0, 0.1) is 5.41 Å². The zero-order valence-corrected chi connectivity index (χ0v) is 23.3. The molecule has 2 aromatic heterocycles. The van der Waals surface area contributed by atoms with Crippen LogP contribution in [-0.4, -0.2) is 40.9 Å². The Balaban J connectivity index is 1.57. The Morgan fingerprint density at radius 3 is 2.54 bits per heavy atom. The smallest absolute Gasteiger partial charge is 0.257 e. The number of nitrogens with zero attached hydrogens (tertiary/aromatic N) is 3. The number of carbonyl (C=O) groups is 2. The van der Waals surface area contributed by atoms with Gasteiger partial charge in [-0.05, 0) is 47.4 Å². The number of hydrogen-bond donors (Lipinski definition) is 3. The summed E-state index contributed by atoms with van der Waals surface area (Å²) < 4.78 is 5.23. The second kappa shape index (κ2) is 11.7. The van der Waals surface area contributed by atoms with Gasteiger partial charge in [-0.2, -0.15) is 0 Å². The fraction of sp³-hybridized carbons (Fsp3) is 0.276. The van der Waals surface area contributed by atoms with E-state index in [9.17, 15) is 9.59 Å². The van der Waals surface area contributed by atoms with Gasteiger partial charge in [0.2, 0.25) is 11.8 Å². The SMILES string of the molecule is CNc1nc(-c2ccnc(OC)c2)nc2cc(NC(=O)c3cc(CNC(=O)CC(C)(C)C)ccc3Cl)ccc12. The van der Waals surface area contributed by atoms with Crippen molar-refractivity contribution in [3.63, 3.8) is 0 Å². The van der Waals surface area contributed by atoms with Crippen LogP contribution >= 0.6 is 11.6 Å². The molecule has 9 nitrogen and oxygen atoms in total. The third-order valence-corrected chi connectivity index (χ3v) is 6.18. The molecule has 2 aromatic carbocycles. The molecule has 3 N–H and O–H groups in total. The number of hydrogen-bond acceptors (Lipinski definition) is 7. The number of benzene rings is 2. The van der Waals surface area contributed by atoms with Crippen molar-refractivity contribution in [3.05, 3.63) is 70.9 Å². The van der Waals surface area contributed by atoms with Crippen molar-refractivity contribution >= 4 is 45.8 Å². The average molecular weight is 547 g/mol. The molecule has 0 radical (unpaired) electrons. The van der Waals surface area contributed by atoms with E-state index in [0.717, 1.165) is 16.5 Å². The zero-order chi connectivity index (χ0) is 28.2. The molecule has 10 heteroatoms. The minimum Gasteiger partial charge on any atom is -0.481 e. The summed E-state index contributed by atoms with van der Waals surface area (Å²) >= 11 is 6.36. The summed E-state index contributed by atoms with van der Waals surface area (Å²) in [6.45, 7) is 6.32. The predicted molar refractivity (Wildman–Crippen MR) is 154 cm³/mol. The summed E-state index contributed by atoms with van der Waals surface area (Å²) in [5, 5.41) is 10.0. The van der Waals surface area contributed by atoms with Crippen LogP contribution in [0.4, 0.5) is 11.5 Å². The number of ether oxygens (including phenoxy) is 1. The van der Waals surface area contributed by atoms with Gasteiger partial charge in [-0.1, -0.05) is 38.4 Å². The van der Waals surface area contributed by atoms with Crippen LogP contribution in [0.2, 0.25) is 5.02 Å². The van der Waals surface area contributed by atoms with Gasteiger partial charge in [0.1, 0.15) is 5.82 Å². The normalized spacial score (nSPS) is 11.2. The fourth-order valence-electron chi connectivity index (χ4n) is 3.99. The number of carbonyl (C=O) groups excluding carboxylic acids is 2. The Hall–Kier alpha value is -4.24. The number of rotatable bonds is 8. The molecule has 4 rings (SSSR count). The number of amides is 2. The molecule has 202 valence electrons. The van der Waals surface area contributed by atoms with E-state index in [-0.39, 0.29) is 17.2 Å². The number of halogens is 1. The minimum absolute atomic E-state index is 0.0490. The van der Waals surface area contributed by atoms with E-state index in [1.54, 1.807) is 62.8 Å². The van der Waals surface area contributed by atoms with Crippen molar-refractivity contribution in [3.8, 4) is 17.3 Å². The first-order valence-corrected chi connectivity index (χ1v) is 12.8. The molecule has 0 spiro atoms. The first-order valence-electron chi connectivity index (χ1n) is 12.4. The second-order valence-electron chi connectivity index (χ2n) is 10.2. The monoisotopic (exact) mass is 546 g/mol. The molecule has 4 aromatic rings. The number of methoxy groups -OCH3 is 1. The maximum atomic E-state index is 13.2. The summed E-state index contributed by atoms with van der Waals surface area (Å²) in [5.74, 6) is 1.17. The van der Waals surface area contributed by atoms with Crippen LogP contribution in [0.25, 0.3) is 22.3 Å². The van der Waals surface area contributed by atoms with Crippen molar-refractivity contribution < 1.29 is 14.3 Å². The lowest BCUT2D eigenvalue weighted by molar-refractivity contribution is -0.122. The molecule has 0 fully saturated rings. The highest BCUT2D eigenvalue weighted by molar-refractivity contribution is 6.34. The lowest BCUT2D eigenvalue weighted by atomic mass is 9.92. The van der Waals surface area contributed by atoms with E-state index in [0.29, 0.717) is 52.3 Å². The zero-order valence-electron chi connectivity index (χ0n) is 22.6. The van der Waals surface area contributed by atoms with E-state index < -0.39 is 0 Å². The predicted octanol–water partition coefficient (Wildman–Crippen LogP) is 5.70. The fourth-order valence-corrected chi connectivity index (χ4v) is 4.19. The molecule has 0 unspecified atom stereocenters. The van der Waals surface area contributed by atoms with Gasteiger partial charge in [-0.25, -0.2) is 15.0 Å². The van der Waals surface area contributed by atoms with Gasteiger partial charge in [-0.15, -0.1) is 0 Å². The van der Waals surface area contributed by atoms with Crippen molar-refractivity contribution in [2.75, 3.05) is 24.8 Å². The molecular weight excluding hydrogens is 516 g/mol. The molecule has 0 atom stereocenters. The Labute approximate surface area is 232 Å². The number of pyridine rings is 1. The van der Waals surface area contributed by atoms with E-state index in [4.69, 9.17) is 21.3 Å². The van der Waals surface area contributed by atoms with Crippen LogP contribution < -0.4 is 20.7 Å². The Kier molecular flexibility index (Phi) is 8.30. The van der Waals surface area contributed by atoms with E-state index in [2.05, 4.69) is 25.9 Å². The lowest BCUT2D eigenvalue weighted by Crippen LogP contribution is -2.27. The highest BCUT2D eigenvalue weighted by Gasteiger charge is 2.17. The standard InChI is InChI=1S/C29H31ClN6O3/c1-29(2,3)15-24(37)33-16-17-6-9-22(30)21(12-17)28(38)34-19-7-8-20-23(14-19)35-26(36-27(20)31-4)18-10-11-32-25(13-18)39-5/h6-14H,15-16H2,1-5H3,(H,33,37)(H,34,38)(H,31,35,36). The molecule has 0 aliphatic rings. The average Bonchev–Trinajstić information content (AvgIpc) is 2.90. The number of fused-ring (bicyclic) bond motifs is 1. The maximum Gasteiger partial charge on any atom is 0.257 e. The molecule has 39 heavy (non-hydrogen) atoms. The van der Waals surface area contributed by atoms with Crippen molar-refractivity contribution in [1.29, 1.82) is 0 Å². The summed E-state index contributed by atoms with van der Waals surface area (Å²) in [4.78, 5) is 38.9. The third-order valence-electron chi connectivity index (χ3n) is 5.85. The number of nitrogens with one attached hydrogen (secondary N) is 3. The van der Waals surface area contributed by atoms with Crippen LogP contribution in [0.1, 0.15) is 43.1 Å². The van der Waals surface area contributed by atoms with Crippen LogP contribution in [-0.2, 0) is 11.3 Å². The quantitative estimate of drug-likeness (QED) is 0.259. The topological polar surface area (TPSA) is 118 Å². The summed E-state index contributed by atoms with van der Waals surface area (Å²) in [5.41, 5.74) is 2.90. The van der Waals surface area contributed by atoms with Crippen molar-refractivity contribution in [2.24, 2.45) is 5.41 Å². The maximum absolute atomic E-state index is 13.2. The molecule has 0 aliphatic carbocycles. The molecule has 2 amide bonds. The Morgan fingerprint density at radius 2 is 1.82 bits per heavy atom. The van der Waals surface area contributed by atoms with Crippen LogP contribution in [0.5, 0.6) is 5.88 Å². The molecular formula is C29H31ClN6O3. The van der Waals surface area contributed by atoms with Gasteiger partial charge in [0.05, 0.1) is 23.2 Å². The first kappa shape index (κ1) is 27.8. The van der Waals surface area contributed by atoms with Crippen LogP contribution in [0.15, 0.2) is 54.7 Å². The minimum atomic E-state index is -0.371. The number of aromatic nitrogens is 3. The largest absolute Gasteiger partial charge is 0.481 e. The van der Waals surface area contributed by atoms with Crippen LogP contribution in [0.3, 0.4) is 0 Å². The van der Waals surface area contributed by atoms with Gasteiger partial charge in [0.25, 0.3) is 5.91 Å². The van der Waals surface area contributed by atoms with E-state index >= 15 is 0 Å². The van der Waals surface area contributed by atoms with Crippen molar-refractivity contribution in [2.45, 2.75) is 33.7 Å². The van der Waals surface area contributed by atoms with Gasteiger partial charge in [-0.3, -0.25) is 9.59 Å². The van der Waals surface area contributed by atoms with Crippen molar-refractivity contribution in [1.82, 2.24) is 20.3 Å². The van der Waals surface area contributed by atoms with Gasteiger partial charge in [0.15, 0.2) is 5.82 Å². The van der Waals surface area contributed by atoms with Gasteiger partial charge >= 0.3 is 0 Å². The lowest BCUT2D eigenvalue weighted by Gasteiger charge is -2.17. The summed E-state index contributed by atoms with van der Waals surface area (Å²) in [6.07, 6.45) is 2.04. The Bertz CT molecular complexity index is 1530. The third kappa shape index (κ3) is 7.00. The molecule has 0 bridgehead atoms. The Morgan fingerprint density at radius 1 is 1.03 bits per heavy atom. The molecule has 0 saturated heterocycles.